The van der Waals surface area contributed by atoms with Crippen molar-refractivity contribution in [2.45, 2.75) is 19.4 Å². The zero-order chi connectivity index (χ0) is 12.3. The summed E-state index contributed by atoms with van der Waals surface area (Å²) in [6.45, 7) is 1.99. The van der Waals surface area contributed by atoms with E-state index in [-0.39, 0.29) is 0 Å². The molecule has 1 atom stereocenters. The van der Waals surface area contributed by atoms with Crippen molar-refractivity contribution >= 4 is 15.9 Å². The molecule has 0 bridgehead atoms. The van der Waals surface area contributed by atoms with Gasteiger partial charge in [0.1, 0.15) is 0 Å². The van der Waals surface area contributed by atoms with E-state index in [1.54, 1.807) is 12.4 Å². The van der Waals surface area contributed by atoms with Crippen LogP contribution in [0.4, 0.5) is 0 Å². The predicted molar refractivity (Wildman–Crippen MR) is 71.8 cm³/mol. The maximum absolute atomic E-state index is 10.2. The van der Waals surface area contributed by atoms with Crippen LogP contribution < -0.4 is 0 Å². The lowest BCUT2D eigenvalue weighted by Gasteiger charge is -2.14. The summed E-state index contributed by atoms with van der Waals surface area (Å²) in [6, 6.07) is 9.86. The van der Waals surface area contributed by atoms with Crippen LogP contribution in [0.15, 0.2) is 47.2 Å². The van der Waals surface area contributed by atoms with Crippen molar-refractivity contribution in [1.82, 2.24) is 4.98 Å². The molecular formula is C14H14BrNO. The molecule has 1 N–H and O–H groups in total. The topological polar surface area (TPSA) is 33.1 Å². The SMILES string of the molecule is Cc1ccncc1C(O)Cc1ccccc1Br. The molecule has 88 valence electrons. The molecule has 0 aliphatic carbocycles. The minimum absolute atomic E-state index is 0.512. The van der Waals surface area contributed by atoms with Gasteiger partial charge in [-0.3, -0.25) is 4.98 Å². The van der Waals surface area contributed by atoms with Gasteiger partial charge in [0.15, 0.2) is 0 Å². The van der Waals surface area contributed by atoms with Crippen LogP contribution in [0.5, 0.6) is 0 Å². The number of halogens is 1. The van der Waals surface area contributed by atoms with Gasteiger partial charge in [0.2, 0.25) is 0 Å². The standard InChI is InChI=1S/C14H14BrNO/c1-10-6-7-16-9-12(10)14(17)8-11-4-2-3-5-13(11)15/h2-7,9,14,17H,8H2,1H3. The van der Waals surface area contributed by atoms with Crippen LogP contribution in [0, 0.1) is 6.92 Å². The fourth-order valence-corrected chi connectivity index (χ4v) is 2.25. The summed E-state index contributed by atoms with van der Waals surface area (Å²) in [6.07, 6.45) is 3.55. The zero-order valence-corrected chi connectivity index (χ0v) is 11.2. The second-order valence-corrected chi connectivity index (χ2v) is 4.90. The summed E-state index contributed by atoms with van der Waals surface area (Å²) < 4.78 is 1.03. The van der Waals surface area contributed by atoms with Gasteiger partial charge >= 0.3 is 0 Å². The maximum Gasteiger partial charge on any atom is 0.0848 e. The monoisotopic (exact) mass is 291 g/mol. The van der Waals surface area contributed by atoms with Gasteiger partial charge in [-0.25, -0.2) is 0 Å². The van der Waals surface area contributed by atoms with Crippen LogP contribution in [0.3, 0.4) is 0 Å². The first kappa shape index (κ1) is 12.3. The lowest BCUT2D eigenvalue weighted by molar-refractivity contribution is 0.177. The number of hydrogen-bond acceptors (Lipinski definition) is 2. The van der Waals surface area contributed by atoms with Gasteiger partial charge < -0.3 is 5.11 Å². The molecule has 1 aromatic heterocycles. The highest BCUT2D eigenvalue weighted by atomic mass is 79.9. The molecule has 2 aromatic rings. The molecule has 0 fully saturated rings. The van der Waals surface area contributed by atoms with Gasteiger partial charge in [-0.1, -0.05) is 34.1 Å². The van der Waals surface area contributed by atoms with E-state index in [2.05, 4.69) is 20.9 Å². The normalized spacial score (nSPS) is 12.4. The molecule has 1 unspecified atom stereocenters. The summed E-state index contributed by atoms with van der Waals surface area (Å²) >= 11 is 3.49. The summed E-state index contributed by atoms with van der Waals surface area (Å²) in [4.78, 5) is 4.06. The Labute approximate surface area is 109 Å². The van der Waals surface area contributed by atoms with Gasteiger partial charge in [-0.05, 0) is 30.2 Å². The second-order valence-electron chi connectivity index (χ2n) is 4.04. The Morgan fingerprint density at radius 2 is 2.06 bits per heavy atom. The number of nitrogens with zero attached hydrogens (tertiary/aromatic N) is 1. The third kappa shape index (κ3) is 2.93. The van der Waals surface area contributed by atoms with Crippen molar-refractivity contribution in [2.24, 2.45) is 0 Å². The number of hydrogen-bond donors (Lipinski definition) is 1. The van der Waals surface area contributed by atoms with E-state index in [0.29, 0.717) is 6.42 Å². The molecule has 17 heavy (non-hydrogen) atoms. The van der Waals surface area contributed by atoms with E-state index >= 15 is 0 Å². The molecule has 0 spiro atoms. The van der Waals surface area contributed by atoms with Crippen molar-refractivity contribution in [3.8, 4) is 0 Å². The van der Waals surface area contributed by atoms with Crippen LogP contribution in [0.2, 0.25) is 0 Å². The Kier molecular flexibility index (Phi) is 3.92. The molecule has 0 saturated heterocycles. The lowest BCUT2D eigenvalue weighted by Crippen LogP contribution is -2.04. The molecule has 0 aliphatic rings. The van der Waals surface area contributed by atoms with E-state index in [1.807, 2.05) is 37.3 Å². The van der Waals surface area contributed by atoms with Crippen molar-refractivity contribution in [3.05, 3.63) is 63.9 Å². The second kappa shape index (κ2) is 5.43. The van der Waals surface area contributed by atoms with Crippen molar-refractivity contribution in [3.63, 3.8) is 0 Å². The molecule has 1 aromatic carbocycles. The number of benzene rings is 1. The average Bonchev–Trinajstić information content (AvgIpc) is 2.32. The Hall–Kier alpha value is -1.19. The van der Waals surface area contributed by atoms with Gasteiger partial charge in [-0.2, -0.15) is 0 Å². The fourth-order valence-electron chi connectivity index (χ4n) is 1.81. The molecular weight excluding hydrogens is 278 g/mol. The highest BCUT2D eigenvalue weighted by molar-refractivity contribution is 9.10. The van der Waals surface area contributed by atoms with Crippen molar-refractivity contribution in [1.29, 1.82) is 0 Å². The summed E-state index contributed by atoms with van der Waals surface area (Å²) in [7, 11) is 0. The van der Waals surface area contributed by atoms with Gasteiger partial charge in [0.05, 0.1) is 6.10 Å². The van der Waals surface area contributed by atoms with E-state index < -0.39 is 6.10 Å². The third-order valence-electron chi connectivity index (χ3n) is 2.81. The van der Waals surface area contributed by atoms with Crippen molar-refractivity contribution in [2.75, 3.05) is 0 Å². The van der Waals surface area contributed by atoms with E-state index in [4.69, 9.17) is 0 Å². The summed E-state index contributed by atoms with van der Waals surface area (Å²) in [5, 5.41) is 10.2. The van der Waals surface area contributed by atoms with Crippen molar-refractivity contribution < 1.29 is 5.11 Å². The Morgan fingerprint density at radius 1 is 1.29 bits per heavy atom. The average molecular weight is 292 g/mol. The highest BCUT2D eigenvalue weighted by Crippen LogP contribution is 2.24. The summed E-state index contributed by atoms with van der Waals surface area (Å²) in [5.74, 6) is 0. The molecule has 2 nitrogen and oxygen atoms in total. The lowest BCUT2D eigenvalue weighted by atomic mass is 10.00. The molecule has 3 heteroatoms. The van der Waals surface area contributed by atoms with Crippen LogP contribution in [0.1, 0.15) is 22.8 Å². The first-order valence-corrected chi connectivity index (χ1v) is 6.30. The predicted octanol–water partition coefficient (Wildman–Crippen LogP) is 3.43. The molecule has 1 heterocycles. The first-order valence-electron chi connectivity index (χ1n) is 5.50. The minimum Gasteiger partial charge on any atom is -0.388 e. The minimum atomic E-state index is -0.512. The highest BCUT2D eigenvalue weighted by Gasteiger charge is 2.12. The largest absolute Gasteiger partial charge is 0.388 e. The van der Waals surface area contributed by atoms with Crippen LogP contribution >= 0.6 is 15.9 Å². The molecule has 0 radical (unpaired) electrons. The molecule has 0 amide bonds. The number of rotatable bonds is 3. The fraction of sp³-hybridized carbons (Fsp3) is 0.214. The van der Waals surface area contributed by atoms with Gasteiger partial charge in [0, 0.05) is 28.9 Å². The summed E-state index contributed by atoms with van der Waals surface area (Å²) in [5.41, 5.74) is 3.06. The van der Waals surface area contributed by atoms with Crippen LogP contribution in [-0.4, -0.2) is 10.1 Å². The van der Waals surface area contributed by atoms with Gasteiger partial charge in [0.25, 0.3) is 0 Å². The van der Waals surface area contributed by atoms with E-state index in [9.17, 15) is 5.11 Å². The Balaban J connectivity index is 2.20. The number of aliphatic hydroxyl groups excluding tert-OH is 1. The number of pyridine rings is 1. The quantitative estimate of drug-likeness (QED) is 0.940. The van der Waals surface area contributed by atoms with Crippen LogP contribution in [0.25, 0.3) is 0 Å². The van der Waals surface area contributed by atoms with E-state index in [0.717, 1.165) is 21.2 Å². The van der Waals surface area contributed by atoms with Gasteiger partial charge in [-0.15, -0.1) is 0 Å². The zero-order valence-electron chi connectivity index (χ0n) is 9.60. The Morgan fingerprint density at radius 3 is 2.76 bits per heavy atom. The molecule has 2 rings (SSSR count). The van der Waals surface area contributed by atoms with E-state index in [1.165, 1.54) is 0 Å². The maximum atomic E-state index is 10.2. The molecule has 0 aliphatic heterocycles. The molecule has 0 saturated carbocycles. The smallest absolute Gasteiger partial charge is 0.0848 e. The van der Waals surface area contributed by atoms with Crippen LogP contribution in [-0.2, 0) is 6.42 Å². The number of aryl methyl sites for hydroxylation is 1. The number of aromatic nitrogens is 1. The number of aliphatic hydroxyl groups is 1. The Bertz CT molecular complexity index is 513. The first-order chi connectivity index (χ1) is 8.18. The third-order valence-corrected chi connectivity index (χ3v) is 3.58.